The van der Waals surface area contributed by atoms with Crippen molar-refractivity contribution < 1.29 is 4.79 Å². The quantitative estimate of drug-likeness (QED) is 0.560. The van der Waals surface area contributed by atoms with Crippen molar-refractivity contribution in [3.63, 3.8) is 0 Å². The van der Waals surface area contributed by atoms with E-state index >= 15 is 0 Å². The molecule has 0 amide bonds. The van der Waals surface area contributed by atoms with Gasteiger partial charge in [0.2, 0.25) is 0 Å². The second-order valence-electron chi connectivity index (χ2n) is 4.95. The van der Waals surface area contributed by atoms with Crippen LogP contribution < -0.4 is 0 Å². The monoisotopic (exact) mass is 336 g/mol. The number of allylic oxidation sites excluding steroid dienone is 1. The van der Waals surface area contributed by atoms with E-state index in [-0.39, 0.29) is 5.78 Å². The van der Waals surface area contributed by atoms with E-state index in [9.17, 15) is 4.79 Å². The molecule has 3 nitrogen and oxygen atoms in total. The highest BCUT2D eigenvalue weighted by atomic mass is 32.1. The van der Waals surface area contributed by atoms with Gasteiger partial charge in [-0.3, -0.25) is 4.79 Å². The molecule has 0 unspecified atom stereocenters. The van der Waals surface area contributed by atoms with Gasteiger partial charge in [0, 0.05) is 14.1 Å². The maximum absolute atomic E-state index is 10.0. The Kier molecular flexibility index (Phi) is 9.45. The summed E-state index contributed by atoms with van der Waals surface area (Å²) in [6.45, 7) is 10.5. The summed E-state index contributed by atoms with van der Waals surface area (Å²) in [6, 6.07) is 8.19. The molecule has 5 heteroatoms. The number of rotatable bonds is 1. The number of para-hydroxylation sites is 1. The fraction of sp³-hybridized carbons (Fsp3) is 0.353. The van der Waals surface area contributed by atoms with Gasteiger partial charge in [-0.1, -0.05) is 30.9 Å². The molecule has 0 saturated heterocycles. The van der Waals surface area contributed by atoms with Crippen LogP contribution in [0.25, 0.3) is 10.2 Å². The number of carbonyl (C=O) groups is 1. The summed E-state index contributed by atoms with van der Waals surface area (Å²) in [5, 5.41) is 1.14. The third kappa shape index (κ3) is 8.64. The summed E-state index contributed by atoms with van der Waals surface area (Å²) in [5.41, 5.74) is 1.74. The lowest BCUT2D eigenvalue weighted by molar-refractivity contribution is -0.113. The summed E-state index contributed by atoms with van der Waals surface area (Å²) in [5.74, 6) is 0.0648. The molecule has 0 fully saturated rings. The number of hydrogen-bond donors (Lipinski definition) is 0. The van der Waals surface area contributed by atoms with Crippen LogP contribution in [0.1, 0.15) is 25.8 Å². The summed E-state index contributed by atoms with van der Waals surface area (Å²) in [6.07, 6.45) is 0. The van der Waals surface area contributed by atoms with Gasteiger partial charge in [-0.15, -0.1) is 11.3 Å². The molecule has 0 aliphatic rings. The minimum atomic E-state index is 0.0648. The molecule has 0 saturated carbocycles. The number of hydrogen-bond acceptors (Lipinski definition) is 4. The van der Waals surface area contributed by atoms with E-state index in [1.165, 1.54) is 11.6 Å². The normalized spacial score (nSPS) is 9.00. The molecule has 0 spiro atoms. The topological polar surface area (TPSA) is 33.2 Å². The zero-order valence-electron chi connectivity index (χ0n) is 14.1. The Morgan fingerprint density at radius 3 is 2.05 bits per heavy atom. The Labute approximate surface area is 142 Å². The van der Waals surface area contributed by atoms with Crippen LogP contribution in [0.2, 0.25) is 0 Å². The average Bonchev–Trinajstić information content (AvgIpc) is 2.79. The number of benzene rings is 1. The molecular formula is C17H24N2OS2. The largest absolute Gasteiger partial charge is 0.373 e. The zero-order valence-corrected chi connectivity index (χ0v) is 15.8. The van der Waals surface area contributed by atoms with Crippen LogP contribution >= 0.6 is 23.6 Å². The molecule has 1 heterocycles. The van der Waals surface area contributed by atoms with Gasteiger partial charge in [-0.2, -0.15) is 0 Å². The summed E-state index contributed by atoms with van der Waals surface area (Å²) < 4.78 is 1.28. The SMILES string of the molecule is C=C(C)C(C)=O.CC(=S)N(C)C.Cc1nc2ccccc2s1. The van der Waals surface area contributed by atoms with Crippen molar-refractivity contribution in [1.29, 1.82) is 0 Å². The van der Waals surface area contributed by atoms with E-state index in [1.807, 2.05) is 51.0 Å². The molecule has 0 N–H and O–H groups in total. The molecule has 0 atom stereocenters. The van der Waals surface area contributed by atoms with Crippen molar-refractivity contribution in [1.82, 2.24) is 9.88 Å². The lowest BCUT2D eigenvalue weighted by Gasteiger charge is -2.06. The number of fused-ring (bicyclic) bond motifs is 1. The average molecular weight is 337 g/mol. The van der Waals surface area contributed by atoms with Crippen molar-refractivity contribution in [3.8, 4) is 0 Å². The standard InChI is InChI=1S/C8H7NS.C5H8O.C4H9NS/c1-6-9-7-4-2-3-5-8(7)10-6;1-4(2)5(3)6;1-4(6)5(2)3/h2-5H,1H3;1H2,2-3H3;1-3H3. The van der Waals surface area contributed by atoms with Crippen molar-refractivity contribution in [3.05, 3.63) is 41.4 Å². The number of aryl methyl sites for hydroxylation is 1. The molecule has 120 valence electrons. The van der Waals surface area contributed by atoms with E-state index in [0.29, 0.717) is 5.57 Å². The van der Waals surface area contributed by atoms with Crippen LogP contribution in [0, 0.1) is 6.92 Å². The van der Waals surface area contributed by atoms with Crippen molar-refractivity contribution in [2.24, 2.45) is 0 Å². The lowest BCUT2D eigenvalue weighted by Crippen LogP contribution is -2.15. The molecule has 2 aromatic rings. The first-order valence-electron chi connectivity index (χ1n) is 6.81. The lowest BCUT2D eigenvalue weighted by atomic mass is 10.3. The minimum Gasteiger partial charge on any atom is -0.373 e. The van der Waals surface area contributed by atoms with E-state index in [1.54, 1.807) is 18.3 Å². The molecule has 0 aliphatic carbocycles. The Hall–Kier alpha value is -1.59. The predicted molar refractivity (Wildman–Crippen MR) is 102 cm³/mol. The first kappa shape index (κ1) is 20.4. The fourth-order valence-corrected chi connectivity index (χ4v) is 1.81. The molecule has 0 aliphatic heterocycles. The highest BCUT2D eigenvalue weighted by Gasteiger charge is 1.95. The molecule has 1 aromatic heterocycles. The maximum atomic E-state index is 10.0. The van der Waals surface area contributed by atoms with E-state index in [0.717, 1.165) is 15.5 Å². The first-order chi connectivity index (χ1) is 10.1. The summed E-state index contributed by atoms with van der Waals surface area (Å²) >= 11 is 6.49. The van der Waals surface area contributed by atoms with Crippen LogP contribution in [-0.2, 0) is 4.79 Å². The number of thiocarbonyl (C=S) groups is 1. The van der Waals surface area contributed by atoms with Crippen LogP contribution in [-0.4, -0.2) is 34.8 Å². The predicted octanol–water partition coefficient (Wildman–Crippen LogP) is 4.65. The van der Waals surface area contributed by atoms with E-state index < -0.39 is 0 Å². The van der Waals surface area contributed by atoms with Gasteiger partial charge in [0.25, 0.3) is 0 Å². The van der Waals surface area contributed by atoms with Gasteiger partial charge in [-0.25, -0.2) is 4.98 Å². The molecule has 0 bridgehead atoms. The van der Waals surface area contributed by atoms with Crippen LogP contribution in [0.3, 0.4) is 0 Å². The summed E-state index contributed by atoms with van der Waals surface area (Å²) in [7, 11) is 3.87. The number of aromatic nitrogens is 1. The highest BCUT2D eigenvalue weighted by molar-refractivity contribution is 7.80. The van der Waals surface area contributed by atoms with Gasteiger partial charge < -0.3 is 4.90 Å². The highest BCUT2D eigenvalue weighted by Crippen LogP contribution is 2.19. The van der Waals surface area contributed by atoms with Gasteiger partial charge in [0.05, 0.1) is 20.2 Å². The second kappa shape index (κ2) is 10.2. The molecule has 0 radical (unpaired) electrons. The minimum absolute atomic E-state index is 0.0648. The summed E-state index contributed by atoms with van der Waals surface area (Å²) in [4.78, 5) is 17.2. The number of Topliss-reactive ketones (excluding diaryl/α,β-unsaturated/α-hetero) is 1. The third-order valence-electron chi connectivity index (χ3n) is 2.63. The Bertz CT molecular complexity index is 600. The molecular weight excluding hydrogens is 312 g/mol. The third-order valence-corrected chi connectivity index (χ3v) is 3.95. The zero-order chi connectivity index (χ0) is 17.3. The number of ketones is 1. The van der Waals surface area contributed by atoms with Crippen molar-refractivity contribution in [2.75, 3.05) is 14.1 Å². The second-order valence-corrected chi connectivity index (χ2v) is 6.78. The van der Waals surface area contributed by atoms with Crippen molar-refractivity contribution >= 4 is 44.5 Å². The van der Waals surface area contributed by atoms with Gasteiger partial charge in [0.1, 0.15) is 0 Å². The maximum Gasteiger partial charge on any atom is 0.154 e. The van der Waals surface area contributed by atoms with Crippen LogP contribution in [0.5, 0.6) is 0 Å². The molecule has 2 rings (SSSR count). The Morgan fingerprint density at radius 1 is 1.23 bits per heavy atom. The molecule has 22 heavy (non-hydrogen) atoms. The van der Waals surface area contributed by atoms with Crippen LogP contribution in [0.15, 0.2) is 36.4 Å². The number of thiazole rings is 1. The molecule has 1 aromatic carbocycles. The first-order valence-corrected chi connectivity index (χ1v) is 8.04. The number of carbonyl (C=O) groups excluding carboxylic acids is 1. The number of nitrogens with zero attached hydrogens (tertiary/aromatic N) is 2. The van der Waals surface area contributed by atoms with Crippen LogP contribution in [0.4, 0.5) is 0 Å². The van der Waals surface area contributed by atoms with Gasteiger partial charge in [0.15, 0.2) is 5.78 Å². The Morgan fingerprint density at radius 2 is 1.68 bits per heavy atom. The van der Waals surface area contributed by atoms with E-state index in [2.05, 4.69) is 17.6 Å². The Balaban J connectivity index is 0.000000324. The smallest absolute Gasteiger partial charge is 0.154 e. The van der Waals surface area contributed by atoms with E-state index in [4.69, 9.17) is 12.2 Å². The van der Waals surface area contributed by atoms with Gasteiger partial charge >= 0.3 is 0 Å². The van der Waals surface area contributed by atoms with Gasteiger partial charge in [-0.05, 0) is 45.4 Å². The van der Waals surface area contributed by atoms with Crippen molar-refractivity contribution in [2.45, 2.75) is 27.7 Å². The fourth-order valence-electron chi connectivity index (χ4n) is 0.987.